The van der Waals surface area contributed by atoms with Crippen molar-refractivity contribution in [1.29, 1.82) is 0 Å². The van der Waals surface area contributed by atoms with Crippen molar-refractivity contribution in [2.45, 2.75) is 26.2 Å². The van der Waals surface area contributed by atoms with Gasteiger partial charge in [0.25, 0.3) is 0 Å². The molecule has 11 heavy (non-hydrogen) atoms. The number of rotatable bonds is 3. The number of hydrogen-bond donors (Lipinski definition) is 2. The van der Waals surface area contributed by atoms with Crippen molar-refractivity contribution < 1.29 is 4.39 Å². The molecule has 3 nitrogen and oxygen atoms in total. The maximum Gasteiger partial charge on any atom is 0.187 e. The van der Waals surface area contributed by atoms with Gasteiger partial charge in [0.2, 0.25) is 0 Å². The molecule has 0 atom stereocenters. The highest BCUT2D eigenvalue weighted by molar-refractivity contribution is 5.31. The van der Waals surface area contributed by atoms with Crippen LogP contribution in [0.1, 0.15) is 25.5 Å². The van der Waals surface area contributed by atoms with Crippen molar-refractivity contribution in [3.63, 3.8) is 0 Å². The van der Waals surface area contributed by atoms with Crippen LogP contribution >= 0.6 is 0 Å². The normalized spacial score (nSPS) is 10.4. The maximum absolute atomic E-state index is 12.9. The maximum atomic E-state index is 12.9. The van der Waals surface area contributed by atoms with E-state index in [-0.39, 0.29) is 5.82 Å². The summed E-state index contributed by atoms with van der Waals surface area (Å²) in [6, 6.07) is 0. The molecule has 0 bridgehead atoms. The average Bonchev–Trinajstić information content (AvgIpc) is 2.31. The van der Waals surface area contributed by atoms with Gasteiger partial charge in [0, 0.05) is 0 Å². The zero-order chi connectivity index (χ0) is 8.27. The second kappa shape index (κ2) is 3.37. The van der Waals surface area contributed by atoms with Gasteiger partial charge in [0.15, 0.2) is 11.6 Å². The van der Waals surface area contributed by atoms with Crippen molar-refractivity contribution in [2.75, 3.05) is 5.73 Å². The Balaban J connectivity index is 2.63. The van der Waals surface area contributed by atoms with Crippen LogP contribution in [0, 0.1) is 5.82 Å². The van der Waals surface area contributed by atoms with Crippen LogP contribution in [0.25, 0.3) is 0 Å². The lowest BCUT2D eigenvalue weighted by Crippen LogP contribution is -1.90. The first-order valence-electron chi connectivity index (χ1n) is 3.74. The summed E-state index contributed by atoms with van der Waals surface area (Å²) in [6.45, 7) is 2.05. The van der Waals surface area contributed by atoms with Crippen LogP contribution in [0.2, 0.25) is 0 Å². The van der Waals surface area contributed by atoms with Gasteiger partial charge in [-0.15, -0.1) is 0 Å². The number of aromatic nitrogens is 2. The van der Waals surface area contributed by atoms with Crippen LogP contribution < -0.4 is 5.73 Å². The van der Waals surface area contributed by atoms with Gasteiger partial charge in [0.05, 0.1) is 5.69 Å². The smallest absolute Gasteiger partial charge is 0.187 e. The van der Waals surface area contributed by atoms with E-state index in [0.29, 0.717) is 12.1 Å². The van der Waals surface area contributed by atoms with Crippen LogP contribution in [-0.4, -0.2) is 10.2 Å². The fourth-order valence-corrected chi connectivity index (χ4v) is 0.900. The summed E-state index contributed by atoms with van der Waals surface area (Å²) < 4.78 is 12.9. The summed E-state index contributed by atoms with van der Waals surface area (Å²) in [4.78, 5) is 0. The molecule has 0 saturated heterocycles. The first-order valence-corrected chi connectivity index (χ1v) is 3.74. The van der Waals surface area contributed by atoms with E-state index in [0.717, 1.165) is 12.8 Å². The molecule has 0 aliphatic rings. The third-order valence-corrected chi connectivity index (χ3v) is 1.58. The topological polar surface area (TPSA) is 54.7 Å². The van der Waals surface area contributed by atoms with E-state index in [1.807, 2.05) is 0 Å². The largest absolute Gasteiger partial charge is 0.380 e. The molecule has 0 saturated carbocycles. The molecule has 1 rings (SSSR count). The Morgan fingerprint density at radius 3 is 2.82 bits per heavy atom. The van der Waals surface area contributed by atoms with Gasteiger partial charge in [-0.2, -0.15) is 5.10 Å². The van der Waals surface area contributed by atoms with E-state index >= 15 is 0 Å². The van der Waals surface area contributed by atoms with Crippen molar-refractivity contribution in [1.82, 2.24) is 10.2 Å². The number of H-pyrrole nitrogens is 1. The van der Waals surface area contributed by atoms with Gasteiger partial charge < -0.3 is 5.73 Å². The van der Waals surface area contributed by atoms with Gasteiger partial charge in [-0.05, 0) is 12.8 Å². The Labute approximate surface area is 64.8 Å². The van der Waals surface area contributed by atoms with E-state index < -0.39 is 5.82 Å². The van der Waals surface area contributed by atoms with Gasteiger partial charge in [-0.3, -0.25) is 5.10 Å². The summed E-state index contributed by atoms with van der Waals surface area (Å²) in [5, 5.41) is 6.11. The molecule has 3 N–H and O–H groups in total. The van der Waals surface area contributed by atoms with Crippen molar-refractivity contribution >= 4 is 5.82 Å². The number of nitrogens with two attached hydrogens (primary N) is 1. The zero-order valence-electron chi connectivity index (χ0n) is 6.52. The van der Waals surface area contributed by atoms with Crippen molar-refractivity contribution in [3.05, 3.63) is 11.5 Å². The highest BCUT2D eigenvalue weighted by Crippen LogP contribution is 2.12. The molecule has 0 fully saturated rings. The molecule has 0 amide bonds. The number of nitrogens with zero attached hydrogens (tertiary/aromatic N) is 1. The number of nitrogen functional groups attached to an aromatic ring is 1. The first-order chi connectivity index (χ1) is 5.25. The van der Waals surface area contributed by atoms with Gasteiger partial charge in [0.1, 0.15) is 0 Å². The lowest BCUT2D eigenvalue weighted by Gasteiger charge is -1.92. The second-order valence-electron chi connectivity index (χ2n) is 2.50. The highest BCUT2D eigenvalue weighted by atomic mass is 19.1. The minimum absolute atomic E-state index is 0.0314. The minimum atomic E-state index is -0.390. The lowest BCUT2D eigenvalue weighted by atomic mass is 10.2. The molecule has 0 aromatic carbocycles. The Morgan fingerprint density at radius 1 is 1.64 bits per heavy atom. The monoisotopic (exact) mass is 157 g/mol. The molecule has 0 aliphatic carbocycles. The molecule has 4 heteroatoms. The van der Waals surface area contributed by atoms with Crippen molar-refractivity contribution in [3.8, 4) is 0 Å². The van der Waals surface area contributed by atoms with E-state index in [1.54, 1.807) is 0 Å². The van der Waals surface area contributed by atoms with E-state index in [4.69, 9.17) is 5.73 Å². The molecule has 0 radical (unpaired) electrons. The summed E-state index contributed by atoms with van der Waals surface area (Å²) in [6.07, 6.45) is 2.68. The molecule has 1 heterocycles. The Morgan fingerprint density at radius 2 is 2.36 bits per heavy atom. The van der Waals surface area contributed by atoms with Gasteiger partial charge >= 0.3 is 0 Å². The van der Waals surface area contributed by atoms with Crippen LogP contribution in [0.15, 0.2) is 0 Å². The fraction of sp³-hybridized carbons (Fsp3) is 0.571. The van der Waals surface area contributed by atoms with Crippen LogP contribution in [0.4, 0.5) is 10.2 Å². The molecular formula is C7H12FN3. The second-order valence-corrected chi connectivity index (χ2v) is 2.50. The van der Waals surface area contributed by atoms with Crippen LogP contribution in [0.5, 0.6) is 0 Å². The zero-order valence-corrected chi connectivity index (χ0v) is 6.52. The number of nitrogens with one attached hydrogen (secondary N) is 1. The lowest BCUT2D eigenvalue weighted by molar-refractivity contribution is 0.606. The number of halogens is 1. The van der Waals surface area contributed by atoms with E-state index in [2.05, 4.69) is 17.1 Å². The van der Waals surface area contributed by atoms with E-state index in [1.165, 1.54) is 0 Å². The van der Waals surface area contributed by atoms with E-state index in [9.17, 15) is 4.39 Å². The van der Waals surface area contributed by atoms with Crippen LogP contribution in [0.3, 0.4) is 0 Å². The summed E-state index contributed by atoms with van der Waals surface area (Å²) in [5.41, 5.74) is 5.71. The minimum Gasteiger partial charge on any atom is -0.380 e. The average molecular weight is 157 g/mol. The SMILES string of the molecule is CCCCc1[nH]nc(N)c1F. The standard InChI is InChI=1S/C7H12FN3/c1-2-3-4-5-6(8)7(9)11-10-5/h2-4H2,1H3,(H3,9,10,11). The predicted molar refractivity (Wildman–Crippen MR) is 41.6 cm³/mol. The van der Waals surface area contributed by atoms with Gasteiger partial charge in [-0.1, -0.05) is 13.3 Å². The third kappa shape index (κ3) is 1.69. The third-order valence-electron chi connectivity index (χ3n) is 1.58. The fourth-order valence-electron chi connectivity index (χ4n) is 0.900. The molecular weight excluding hydrogens is 145 g/mol. The summed E-state index contributed by atoms with van der Waals surface area (Å²) in [7, 11) is 0. The number of unbranched alkanes of at least 4 members (excludes halogenated alkanes) is 1. The molecule has 0 aliphatic heterocycles. The number of hydrogen-bond acceptors (Lipinski definition) is 2. The predicted octanol–water partition coefficient (Wildman–Crippen LogP) is 1.47. The summed E-state index contributed by atoms with van der Waals surface area (Å²) >= 11 is 0. The Hall–Kier alpha value is -1.06. The molecule has 1 aromatic heterocycles. The molecule has 0 spiro atoms. The van der Waals surface area contributed by atoms with Crippen molar-refractivity contribution in [2.24, 2.45) is 0 Å². The first kappa shape index (κ1) is 8.04. The number of aromatic amines is 1. The Kier molecular flexibility index (Phi) is 2.46. The van der Waals surface area contributed by atoms with Gasteiger partial charge in [-0.25, -0.2) is 4.39 Å². The van der Waals surface area contributed by atoms with Crippen LogP contribution in [-0.2, 0) is 6.42 Å². The highest BCUT2D eigenvalue weighted by Gasteiger charge is 2.08. The summed E-state index contributed by atoms with van der Waals surface area (Å²) in [5.74, 6) is -0.422. The molecule has 62 valence electrons. The molecule has 1 aromatic rings. The molecule has 0 unspecified atom stereocenters. The number of anilines is 1. The quantitative estimate of drug-likeness (QED) is 0.698. The number of aryl methyl sites for hydroxylation is 1. The Bertz CT molecular complexity index is 232.